The van der Waals surface area contributed by atoms with Gasteiger partial charge in [0, 0.05) is 25.0 Å². The predicted molar refractivity (Wildman–Crippen MR) is 112 cm³/mol. The van der Waals surface area contributed by atoms with Crippen molar-refractivity contribution in [3.8, 4) is 5.75 Å². The Morgan fingerprint density at radius 1 is 1.14 bits per heavy atom. The average Bonchev–Trinajstić information content (AvgIpc) is 2.74. The third-order valence-electron chi connectivity index (χ3n) is 5.27. The number of nitrogens with one attached hydrogen (secondary N) is 1. The minimum absolute atomic E-state index is 0.0114. The molecule has 1 saturated heterocycles. The first-order valence-corrected chi connectivity index (χ1v) is 10.0. The van der Waals surface area contributed by atoms with Gasteiger partial charge in [0.05, 0.1) is 7.11 Å². The molecule has 0 aliphatic carbocycles. The zero-order valence-electron chi connectivity index (χ0n) is 16.8. The van der Waals surface area contributed by atoms with E-state index in [4.69, 9.17) is 9.47 Å². The molecule has 1 N–H and O–H groups in total. The highest BCUT2D eigenvalue weighted by Crippen LogP contribution is 2.29. The number of hydrogen-bond donors (Lipinski definition) is 1. The second kappa shape index (κ2) is 10.2. The number of amides is 1. The standard InChI is InChI=1S/C23H30N2O3/c1-3-28-17-18-12-14-25(15-13-18)22(19-8-5-4-6-9-19)23(26)24-20-10-7-11-21(16-20)27-2/h4-11,16,18,22H,3,12-15,17H2,1-2H3,(H,24,26). The van der Waals surface area contributed by atoms with Gasteiger partial charge >= 0.3 is 0 Å². The van der Waals surface area contributed by atoms with Crippen molar-refractivity contribution >= 4 is 11.6 Å². The molecule has 1 amide bonds. The molecule has 150 valence electrons. The number of carbonyl (C=O) groups excluding carboxylic acids is 1. The quantitative estimate of drug-likeness (QED) is 0.746. The number of nitrogens with zero attached hydrogens (tertiary/aromatic N) is 1. The summed E-state index contributed by atoms with van der Waals surface area (Å²) in [6, 6.07) is 17.2. The average molecular weight is 383 g/mol. The molecule has 1 heterocycles. The van der Waals surface area contributed by atoms with Crippen molar-refractivity contribution in [2.45, 2.75) is 25.8 Å². The fourth-order valence-electron chi connectivity index (χ4n) is 3.74. The van der Waals surface area contributed by atoms with Crippen molar-refractivity contribution in [1.82, 2.24) is 4.90 Å². The zero-order valence-corrected chi connectivity index (χ0v) is 16.8. The van der Waals surface area contributed by atoms with Crippen LogP contribution in [0.4, 0.5) is 5.69 Å². The summed E-state index contributed by atoms with van der Waals surface area (Å²) in [5, 5.41) is 3.07. The van der Waals surface area contributed by atoms with Crippen LogP contribution in [0.2, 0.25) is 0 Å². The van der Waals surface area contributed by atoms with Crippen LogP contribution in [0, 0.1) is 5.92 Å². The van der Waals surface area contributed by atoms with Crippen molar-refractivity contribution in [3.63, 3.8) is 0 Å². The van der Waals surface area contributed by atoms with Crippen molar-refractivity contribution in [1.29, 1.82) is 0 Å². The highest BCUT2D eigenvalue weighted by Gasteiger charge is 2.31. The van der Waals surface area contributed by atoms with Crippen LogP contribution in [-0.2, 0) is 9.53 Å². The Kier molecular flexibility index (Phi) is 7.46. The lowest BCUT2D eigenvalue weighted by molar-refractivity contribution is -0.122. The monoisotopic (exact) mass is 382 g/mol. The van der Waals surface area contributed by atoms with Gasteiger partial charge in [0.2, 0.25) is 5.91 Å². The smallest absolute Gasteiger partial charge is 0.246 e. The van der Waals surface area contributed by atoms with Gasteiger partial charge in [-0.05, 0) is 56.5 Å². The van der Waals surface area contributed by atoms with Gasteiger partial charge in [-0.1, -0.05) is 36.4 Å². The van der Waals surface area contributed by atoms with Gasteiger partial charge in [-0.25, -0.2) is 0 Å². The van der Waals surface area contributed by atoms with Gasteiger partial charge in [0.1, 0.15) is 11.8 Å². The van der Waals surface area contributed by atoms with Crippen LogP contribution in [0.3, 0.4) is 0 Å². The summed E-state index contributed by atoms with van der Waals surface area (Å²) in [6.07, 6.45) is 2.10. The van der Waals surface area contributed by atoms with Crippen molar-refractivity contribution in [2.75, 3.05) is 38.7 Å². The van der Waals surface area contributed by atoms with E-state index in [-0.39, 0.29) is 11.9 Å². The molecular weight excluding hydrogens is 352 g/mol. The van der Waals surface area contributed by atoms with Crippen LogP contribution in [0.5, 0.6) is 5.75 Å². The van der Waals surface area contributed by atoms with Crippen LogP contribution >= 0.6 is 0 Å². The van der Waals surface area contributed by atoms with Gasteiger partial charge in [-0.3, -0.25) is 9.69 Å². The fraction of sp³-hybridized carbons (Fsp3) is 0.435. The Morgan fingerprint density at radius 2 is 1.89 bits per heavy atom. The van der Waals surface area contributed by atoms with Gasteiger partial charge in [-0.2, -0.15) is 0 Å². The number of ether oxygens (including phenoxy) is 2. The molecule has 0 aromatic heterocycles. The number of likely N-dealkylation sites (tertiary alicyclic amines) is 1. The highest BCUT2D eigenvalue weighted by atomic mass is 16.5. The van der Waals surface area contributed by atoms with Crippen LogP contribution in [0.25, 0.3) is 0 Å². The van der Waals surface area contributed by atoms with Crippen molar-refractivity contribution in [2.24, 2.45) is 5.92 Å². The first kappa shape index (κ1) is 20.4. The number of piperidine rings is 1. The number of carbonyl (C=O) groups is 1. The molecule has 5 nitrogen and oxygen atoms in total. The van der Waals surface area contributed by atoms with E-state index in [1.54, 1.807) is 7.11 Å². The minimum Gasteiger partial charge on any atom is -0.497 e. The summed E-state index contributed by atoms with van der Waals surface area (Å²) in [4.78, 5) is 15.5. The van der Waals surface area contributed by atoms with Crippen LogP contribution in [0.1, 0.15) is 31.4 Å². The van der Waals surface area contributed by atoms with Gasteiger partial charge in [0.25, 0.3) is 0 Å². The normalized spacial score (nSPS) is 16.5. The molecule has 0 spiro atoms. The molecule has 1 aliphatic heterocycles. The molecule has 2 aromatic rings. The van der Waals surface area contributed by atoms with Gasteiger partial charge in [0.15, 0.2) is 0 Å². The van der Waals surface area contributed by atoms with E-state index in [1.165, 1.54) is 0 Å². The van der Waals surface area contributed by atoms with E-state index in [0.717, 1.165) is 56.1 Å². The molecule has 1 aliphatic rings. The summed E-state index contributed by atoms with van der Waals surface area (Å²) >= 11 is 0. The molecule has 3 rings (SSSR count). The zero-order chi connectivity index (χ0) is 19.8. The number of hydrogen-bond acceptors (Lipinski definition) is 4. The van der Waals surface area contributed by atoms with Gasteiger partial charge < -0.3 is 14.8 Å². The van der Waals surface area contributed by atoms with E-state index < -0.39 is 0 Å². The number of anilines is 1. The summed E-state index contributed by atoms with van der Waals surface area (Å²) in [5.74, 6) is 1.29. The van der Waals surface area contributed by atoms with Crippen LogP contribution in [0.15, 0.2) is 54.6 Å². The Hall–Kier alpha value is -2.37. The largest absolute Gasteiger partial charge is 0.497 e. The topological polar surface area (TPSA) is 50.8 Å². The molecule has 28 heavy (non-hydrogen) atoms. The molecule has 0 saturated carbocycles. The van der Waals surface area contributed by atoms with E-state index in [9.17, 15) is 4.79 Å². The lowest BCUT2D eigenvalue weighted by Gasteiger charge is -2.37. The van der Waals surface area contributed by atoms with E-state index in [0.29, 0.717) is 5.92 Å². The third-order valence-corrected chi connectivity index (χ3v) is 5.27. The molecule has 5 heteroatoms. The third kappa shape index (κ3) is 5.33. The summed E-state index contributed by atoms with van der Waals surface area (Å²) in [6.45, 7) is 5.39. The molecule has 2 aromatic carbocycles. The molecule has 1 atom stereocenters. The lowest BCUT2D eigenvalue weighted by Crippen LogP contribution is -2.42. The van der Waals surface area contributed by atoms with Gasteiger partial charge in [-0.15, -0.1) is 0 Å². The minimum atomic E-state index is -0.305. The predicted octanol–water partition coefficient (Wildman–Crippen LogP) is 4.12. The Labute approximate surface area is 167 Å². The molecular formula is C23H30N2O3. The van der Waals surface area contributed by atoms with Crippen LogP contribution in [-0.4, -0.2) is 44.2 Å². The summed E-state index contributed by atoms with van der Waals surface area (Å²) in [7, 11) is 1.63. The molecule has 1 unspecified atom stereocenters. The fourth-order valence-corrected chi connectivity index (χ4v) is 3.74. The number of benzene rings is 2. The molecule has 0 bridgehead atoms. The highest BCUT2D eigenvalue weighted by molar-refractivity contribution is 5.95. The van der Waals surface area contributed by atoms with Crippen molar-refractivity contribution in [3.05, 3.63) is 60.2 Å². The number of rotatable bonds is 8. The van der Waals surface area contributed by atoms with E-state index in [1.807, 2.05) is 61.5 Å². The summed E-state index contributed by atoms with van der Waals surface area (Å²) < 4.78 is 10.9. The number of methoxy groups -OCH3 is 1. The second-order valence-corrected chi connectivity index (χ2v) is 7.17. The molecule has 0 radical (unpaired) electrons. The first-order chi connectivity index (χ1) is 13.7. The SMILES string of the molecule is CCOCC1CCN(C(C(=O)Nc2cccc(OC)c2)c2ccccc2)CC1. The van der Waals surface area contributed by atoms with Crippen LogP contribution < -0.4 is 10.1 Å². The Bertz CT molecular complexity index is 743. The van der Waals surface area contributed by atoms with E-state index >= 15 is 0 Å². The maximum Gasteiger partial charge on any atom is 0.246 e. The Balaban J connectivity index is 1.73. The summed E-state index contributed by atoms with van der Waals surface area (Å²) in [5.41, 5.74) is 1.77. The van der Waals surface area contributed by atoms with Crippen molar-refractivity contribution < 1.29 is 14.3 Å². The maximum absolute atomic E-state index is 13.2. The molecule has 1 fully saturated rings. The second-order valence-electron chi connectivity index (χ2n) is 7.17. The first-order valence-electron chi connectivity index (χ1n) is 10.0. The van der Waals surface area contributed by atoms with E-state index in [2.05, 4.69) is 10.2 Å². The maximum atomic E-state index is 13.2. The Morgan fingerprint density at radius 3 is 2.57 bits per heavy atom. The lowest BCUT2D eigenvalue weighted by atomic mass is 9.94.